The second-order valence-electron chi connectivity index (χ2n) is 9.87. The van der Waals surface area contributed by atoms with Crippen LogP contribution in [0.5, 0.6) is 5.75 Å². The van der Waals surface area contributed by atoms with E-state index in [2.05, 4.69) is 34.4 Å². The van der Waals surface area contributed by atoms with Gasteiger partial charge < -0.3 is 25.0 Å². The third-order valence-electron chi connectivity index (χ3n) is 6.22. The summed E-state index contributed by atoms with van der Waals surface area (Å²) in [7, 11) is 1.56. The summed E-state index contributed by atoms with van der Waals surface area (Å²) in [5.41, 5.74) is 1.67. The van der Waals surface area contributed by atoms with Crippen molar-refractivity contribution in [2.45, 2.75) is 33.1 Å². The zero-order chi connectivity index (χ0) is 26.4. The number of methoxy groups -OCH3 is 1. The standard InChI is InChI=1S/C27H32FN5O4/c1-27(2)9-4-10-33(16-27)24(35)15-23(34)31-18-5-7-19(8-6-18)32-26-25-21(28)13-20(37-12-11-36-3)14-22(25)29-17-30-26/h5-8,13-14,17H,4,9-12,15-16H2,1-3H3,(H,31,34)(H,29,30,32). The van der Waals surface area contributed by atoms with Gasteiger partial charge in [-0.05, 0) is 42.5 Å². The number of halogens is 1. The number of amides is 2. The molecule has 0 bridgehead atoms. The van der Waals surface area contributed by atoms with Crippen molar-refractivity contribution in [2.75, 3.05) is 44.0 Å². The van der Waals surface area contributed by atoms with E-state index in [4.69, 9.17) is 9.47 Å². The predicted octanol–water partition coefficient (Wildman–Crippen LogP) is 4.51. The summed E-state index contributed by atoms with van der Waals surface area (Å²) in [6.45, 7) is 6.31. The minimum Gasteiger partial charge on any atom is -0.491 e. The molecule has 1 saturated heterocycles. The molecule has 2 heterocycles. The minimum atomic E-state index is -0.515. The molecule has 0 unspecified atom stereocenters. The fourth-order valence-electron chi connectivity index (χ4n) is 4.40. The second kappa shape index (κ2) is 11.5. The van der Waals surface area contributed by atoms with Gasteiger partial charge in [0.25, 0.3) is 0 Å². The van der Waals surface area contributed by atoms with Gasteiger partial charge >= 0.3 is 0 Å². The number of hydrogen-bond donors (Lipinski definition) is 2. The molecule has 37 heavy (non-hydrogen) atoms. The van der Waals surface area contributed by atoms with E-state index in [0.29, 0.717) is 54.8 Å². The number of nitrogens with one attached hydrogen (secondary N) is 2. The van der Waals surface area contributed by atoms with Crippen LogP contribution in [0.2, 0.25) is 0 Å². The van der Waals surface area contributed by atoms with Crippen molar-refractivity contribution in [1.82, 2.24) is 14.9 Å². The van der Waals surface area contributed by atoms with Crippen molar-refractivity contribution < 1.29 is 23.5 Å². The van der Waals surface area contributed by atoms with E-state index in [1.807, 2.05) is 0 Å². The van der Waals surface area contributed by atoms with Crippen LogP contribution in [-0.4, -0.2) is 60.1 Å². The monoisotopic (exact) mass is 509 g/mol. The van der Waals surface area contributed by atoms with Crippen LogP contribution in [0.15, 0.2) is 42.7 Å². The van der Waals surface area contributed by atoms with Gasteiger partial charge in [0.15, 0.2) is 0 Å². The van der Waals surface area contributed by atoms with Crippen LogP contribution < -0.4 is 15.4 Å². The Morgan fingerprint density at radius 3 is 2.59 bits per heavy atom. The summed E-state index contributed by atoms with van der Waals surface area (Å²) in [4.78, 5) is 35.1. The number of rotatable bonds is 9. The van der Waals surface area contributed by atoms with Crippen LogP contribution in [0.4, 0.5) is 21.6 Å². The molecular weight excluding hydrogens is 477 g/mol. The molecule has 2 amide bonds. The van der Waals surface area contributed by atoms with Crippen molar-refractivity contribution in [3.63, 3.8) is 0 Å². The lowest BCUT2D eigenvalue weighted by Gasteiger charge is -2.38. The first-order valence-corrected chi connectivity index (χ1v) is 12.2. The maximum atomic E-state index is 14.9. The molecule has 1 aliphatic rings. The largest absolute Gasteiger partial charge is 0.491 e. The first-order valence-electron chi connectivity index (χ1n) is 12.2. The highest BCUT2D eigenvalue weighted by atomic mass is 19.1. The highest BCUT2D eigenvalue weighted by Crippen LogP contribution is 2.30. The number of fused-ring (bicyclic) bond motifs is 1. The molecule has 2 N–H and O–H groups in total. The van der Waals surface area contributed by atoms with Gasteiger partial charge in [-0.1, -0.05) is 13.8 Å². The number of likely N-dealkylation sites (tertiary alicyclic amines) is 1. The smallest absolute Gasteiger partial charge is 0.233 e. The summed E-state index contributed by atoms with van der Waals surface area (Å²) in [5, 5.41) is 6.10. The van der Waals surface area contributed by atoms with Gasteiger partial charge in [0.1, 0.15) is 36.7 Å². The predicted molar refractivity (Wildman–Crippen MR) is 139 cm³/mol. The fourth-order valence-corrected chi connectivity index (χ4v) is 4.40. The molecule has 1 fully saturated rings. The summed E-state index contributed by atoms with van der Waals surface area (Å²) < 4.78 is 25.4. The van der Waals surface area contributed by atoms with Gasteiger partial charge in [-0.15, -0.1) is 0 Å². The Bertz CT molecular complexity index is 1270. The lowest BCUT2D eigenvalue weighted by Crippen LogP contribution is -2.44. The molecule has 0 radical (unpaired) electrons. The van der Waals surface area contributed by atoms with E-state index in [0.717, 1.165) is 12.8 Å². The van der Waals surface area contributed by atoms with Crippen LogP contribution in [-0.2, 0) is 14.3 Å². The number of nitrogens with zero attached hydrogens (tertiary/aromatic N) is 3. The maximum Gasteiger partial charge on any atom is 0.233 e. The van der Waals surface area contributed by atoms with Crippen LogP contribution in [0.25, 0.3) is 10.9 Å². The first kappa shape index (κ1) is 26.3. The van der Waals surface area contributed by atoms with Crippen molar-refractivity contribution in [1.29, 1.82) is 0 Å². The number of carbonyl (C=O) groups is 2. The normalized spacial score (nSPS) is 14.9. The number of hydrogen-bond acceptors (Lipinski definition) is 7. The molecule has 4 rings (SSSR count). The fraction of sp³-hybridized carbons (Fsp3) is 0.407. The van der Waals surface area contributed by atoms with Gasteiger partial charge in [-0.3, -0.25) is 9.59 Å². The molecule has 1 aliphatic heterocycles. The number of benzene rings is 2. The summed E-state index contributed by atoms with van der Waals surface area (Å²) in [6.07, 6.45) is 3.17. The highest BCUT2D eigenvalue weighted by Gasteiger charge is 2.29. The van der Waals surface area contributed by atoms with Crippen LogP contribution in [0.3, 0.4) is 0 Å². The molecule has 9 nitrogen and oxygen atoms in total. The molecule has 0 spiro atoms. The van der Waals surface area contributed by atoms with Crippen molar-refractivity contribution >= 4 is 39.9 Å². The lowest BCUT2D eigenvalue weighted by molar-refractivity contribution is -0.137. The number of piperidine rings is 1. The number of ether oxygens (including phenoxy) is 2. The Hall–Kier alpha value is -3.79. The maximum absolute atomic E-state index is 14.9. The molecule has 196 valence electrons. The van der Waals surface area contributed by atoms with Gasteiger partial charge in [-0.25, -0.2) is 14.4 Å². The van der Waals surface area contributed by atoms with Crippen molar-refractivity contribution in [2.24, 2.45) is 5.41 Å². The molecule has 10 heteroatoms. The van der Waals surface area contributed by atoms with Gasteiger partial charge in [-0.2, -0.15) is 0 Å². The van der Waals surface area contributed by atoms with Crippen LogP contribution in [0.1, 0.15) is 33.1 Å². The summed E-state index contributed by atoms with van der Waals surface area (Å²) in [5.74, 6) is -0.374. The average molecular weight is 510 g/mol. The molecule has 3 aromatic rings. The van der Waals surface area contributed by atoms with E-state index in [1.165, 1.54) is 12.4 Å². The highest BCUT2D eigenvalue weighted by molar-refractivity contribution is 6.03. The molecule has 1 aromatic heterocycles. The summed E-state index contributed by atoms with van der Waals surface area (Å²) >= 11 is 0. The Morgan fingerprint density at radius 2 is 1.86 bits per heavy atom. The first-order chi connectivity index (χ1) is 17.7. The zero-order valence-corrected chi connectivity index (χ0v) is 21.3. The number of anilines is 3. The minimum absolute atomic E-state index is 0.0747. The van der Waals surface area contributed by atoms with E-state index >= 15 is 0 Å². The number of aromatic nitrogens is 2. The molecule has 0 aliphatic carbocycles. The molecule has 0 saturated carbocycles. The van der Waals surface area contributed by atoms with E-state index < -0.39 is 5.82 Å². The molecule has 2 aromatic carbocycles. The zero-order valence-electron chi connectivity index (χ0n) is 21.3. The Morgan fingerprint density at radius 1 is 1.11 bits per heavy atom. The quantitative estimate of drug-likeness (QED) is 0.323. The second-order valence-corrected chi connectivity index (χ2v) is 9.87. The van der Waals surface area contributed by atoms with Crippen molar-refractivity contribution in [3.8, 4) is 5.75 Å². The Balaban J connectivity index is 1.38. The Labute approximate surface area is 215 Å². The van der Waals surface area contributed by atoms with E-state index in [9.17, 15) is 14.0 Å². The van der Waals surface area contributed by atoms with Gasteiger partial charge in [0.05, 0.1) is 17.5 Å². The summed E-state index contributed by atoms with van der Waals surface area (Å²) in [6, 6.07) is 9.81. The van der Waals surface area contributed by atoms with Gasteiger partial charge in [0, 0.05) is 43.7 Å². The number of carbonyl (C=O) groups excluding carboxylic acids is 2. The lowest BCUT2D eigenvalue weighted by atomic mass is 9.84. The van der Waals surface area contributed by atoms with Gasteiger partial charge in [0.2, 0.25) is 11.8 Å². The van der Waals surface area contributed by atoms with Crippen LogP contribution >= 0.6 is 0 Å². The van der Waals surface area contributed by atoms with E-state index in [-0.39, 0.29) is 29.0 Å². The SMILES string of the molecule is COCCOc1cc(F)c2c(Nc3ccc(NC(=O)CC(=O)N4CCCC(C)(C)C4)cc3)ncnc2c1. The van der Waals surface area contributed by atoms with E-state index in [1.54, 1.807) is 42.3 Å². The third kappa shape index (κ3) is 6.91. The topological polar surface area (TPSA) is 106 Å². The van der Waals surface area contributed by atoms with Crippen LogP contribution in [0, 0.1) is 11.2 Å². The Kier molecular flexibility index (Phi) is 8.17. The third-order valence-corrected chi connectivity index (χ3v) is 6.22. The van der Waals surface area contributed by atoms with Crippen molar-refractivity contribution in [3.05, 3.63) is 48.5 Å². The average Bonchev–Trinajstić information content (AvgIpc) is 2.84. The molecule has 0 atom stereocenters. The molecular formula is C27H32FN5O4.